The Morgan fingerprint density at radius 1 is 0.923 bits per heavy atom. The number of nitrogens with one attached hydrogen (secondary N) is 2. The van der Waals surface area contributed by atoms with E-state index in [1.54, 1.807) is 6.07 Å². The van der Waals surface area contributed by atoms with E-state index in [4.69, 9.17) is 4.74 Å². The smallest absolute Gasteiger partial charge is 0.251 e. The molecule has 2 rings (SSSR count). The Kier molecular flexibility index (Phi) is 7.21. The minimum absolute atomic E-state index is 0.112. The van der Waals surface area contributed by atoms with Gasteiger partial charge in [0, 0.05) is 18.5 Å². The quantitative estimate of drug-likeness (QED) is 0.716. The van der Waals surface area contributed by atoms with E-state index in [2.05, 4.69) is 16.7 Å². The summed E-state index contributed by atoms with van der Waals surface area (Å²) in [6.45, 7) is 7.06. The average molecular weight is 354 g/mol. The van der Waals surface area contributed by atoms with Gasteiger partial charge in [-0.1, -0.05) is 35.9 Å². The number of hydrogen-bond donors (Lipinski definition) is 2. The maximum Gasteiger partial charge on any atom is 0.251 e. The SMILES string of the molecule is Cc1ccc(OCCNC(=O)CCNC(=O)c2ccccc2C)c(C)c1. The van der Waals surface area contributed by atoms with Crippen LogP contribution in [0.3, 0.4) is 0 Å². The number of benzene rings is 2. The number of hydrogen-bond acceptors (Lipinski definition) is 3. The lowest BCUT2D eigenvalue weighted by Gasteiger charge is -2.11. The van der Waals surface area contributed by atoms with E-state index in [9.17, 15) is 9.59 Å². The molecule has 2 aromatic carbocycles. The number of rotatable bonds is 8. The zero-order chi connectivity index (χ0) is 18.9. The summed E-state index contributed by atoms with van der Waals surface area (Å²) in [6.07, 6.45) is 0.237. The first kappa shape index (κ1) is 19.5. The Morgan fingerprint density at radius 3 is 2.42 bits per heavy atom. The van der Waals surface area contributed by atoms with E-state index < -0.39 is 0 Å². The summed E-state index contributed by atoms with van der Waals surface area (Å²) in [7, 11) is 0. The summed E-state index contributed by atoms with van der Waals surface area (Å²) < 4.78 is 5.67. The molecule has 5 nitrogen and oxygen atoms in total. The van der Waals surface area contributed by atoms with Crippen molar-refractivity contribution < 1.29 is 14.3 Å². The van der Waals surface area contributed by atoms with Gasteiger partial charge in [0.2, 0.25) is 5.91 Å². The Labute approximate surface area is 154 Å². The average Bonchev–Trinajstić information content (AvgIpc) is 2.60. The number of carbonyl (C=O) groups excluding carboxylic acids is 2. The molecule has 2 amide bonds. The van der Waals surface area contributed by atoms with Gasteiger partial charge < -0.3 is 15.4 Å². The molecular formula is C21H26N2O3. The first-order valence-corrected chi connectivity index (χ1v) is 8.78. The molecule has 0 atom stereocenters. The van der Waals surface area contributed by atoms with E-state index in [1.807, 2.05) is 51.1 Å². The van der Waals surface area contributed by atoms with Crippen LogP contribution in [0.2, 0.25) is 0 Å². The number of carbonyl (C=O) groups is 2. The third kappa shape index (κ3) is 5.92. The topological polar surface area (TPSA) is 67.4 Å². The fourth-order valence-electron chi connectivity index (χ4n) is 2.61. The second kappa shape index (κ2) is 9.61. The van der Waals surface area contributed by atoms with Gasteiger partial charge in [-0.2, -0.15) is 0 Å². The van der Waals surface area contributed by atoms with Crippen LogP contribution < -0.4 is 15.4 Å². The summed E-state index contributed by atoms with van der Waals surface area (Å²) >= 11 is 0. The molecule has 0 bridgehead atoms. The number of ether oxygens (including phenoxy) is 1. The molecule has 0 unspecified atom stereocenters. The molecule has 0 aromatic heterocycles. The van der Waals surface area contributed by atoms with Crippen molar-refractivity contribution in [3.63, 3.8) is 0 Å². The molecule has 2 N–H and O–H groups in total. The molecule has 2 aromatic rings. The Balaban J connectivity index is 1.63. The van der Waals surface area contributed by atoms with Gasteiger partial charge in [0.15, 0.2) is 0 Å². The van der Waals surface area contributed by atoms with Gasteiger partial charge in [-0.25, -0.2) is 0 Å². The van der Waals surface area contributed by atoms with E-state index in [-0.39, 0.29) is 18.2 Å². The molecule has 138 valence electrons. The third-order valence-corrected chi connectivity index (χ3v) is 4.04. The summed E-state index contributed by atoms with van der Waals surface area (Å²) in [5.74, 6) is 0.559. The van der Waals surface area contributed by atoms with Crippen LogP contribution in [-0.4, -0.2) is 31.5 Å². The molecular weight excluding hydrogens is 328 g/mol. The van der Waals surface area contributed by atoms with Gasteiger partial charge in [0.1, 0.15) is 12.4 Å². The van der Waals surface area contributed by atoms with Crippen molar-refractivity contribution in [2.24, 2.45) is 0 Å². The van der Waals surface area contributed by atoms with Crippen molar-refractivity contribution in [1.82, 2.24) is 10.6 Å². The van der Waals surface area contributed by atoms with Crippen LogP contribution in [0.4, 0.5) is 0 Å². The van der Waals surface area contributed by atoms with Crippen LogP contribution in [0.5, 0.6) is 5.75 Å². The summed E-state index contributed by atoms with van der Waals surface area (Å²) in [4.78, 5) is 23.9. The van der Waals surface area contributed by atoms with Crippen LogP contribution >= 0.6 is 0 Å². The standard InChI is InChI=1S/C21H26N2O3/c1-15-8-9-19(17(3)14-15)26-13-12-22-20(24)10-11-23-21(25)18-7-5-4-6-16(18)2/h4-9,14H,10-13H2,1-3H3,(H,22,24)(H,23,25). The summed E-state index contributed by atoms with van der Waals surface area (Å²) in [6, 6.07) is 13.4. The number of amides is 2. The van der Waals surface area contributed by atoms with Crippen molar-refractivity contribution in [2.75, 3.05) is 19.7 Å². The van der Waals surface area contributed by atoms with Gasteiger partial charge in [0.25, 0.3) is 5.91 Å². The van der Waals surface area contributed by atoms with Crippen molar-refractivity contribution in [2.45, 2.75) is 27.2 Å². The van der Waals surface area contributed by atoms with Crippen LogP contribution in [0, 0.1) is 20.8 Å². The van der Waals surface area contributed by atoms with Gasteiger partial charge in [0.05, 0.1) is 6.54 Å². The highest BCUT2D eigenvalue weighted by atomic mass is 16.5. The van der Waals surface area contributed by atoms with Crippen LogP contribution in [0.15, 0.2) is 42.5 Å². The normalized spacial score (nSPS) is 10.3. The van der Waals surface area contributed by atoms with E-state index >= 15 is 0 Å². The molecule has 5 heteroatoms. The van der Waals surface area contributed by atoms with Crippen LogP contribution in [0.1, 0.15) is 33.5 Å². The van der Waals surface area contributed by atoms with Crippen molar-refractivity contribution in [3.05, 3.63) is 64.7 Å². The van der Waals surface area contributed by atoms with Gasteiger partial charge >= 0.3 is 0 Å². The van der Waals surface area contributed by atoms with Gasteiger partial charge in [-0.15, -0.1) is 0 Å². The number of aryl methyl sites for hydroxylation is 3. The third-order valence-electron chi connectivity index (χ3n) is 4.04. The zero-order valence-electron chi connectivity index (χ0n) is 15.6. The first-order valence-electron chi connectivity index (χ1n) is 8.78. The molecule has 0 saturated heterocycles. The Hall–Kier alpha value is -2.82. The second-order valence-corrected chi connectivity index (χ2v) is 6.29. The molecule has 0 heterocycles. The predicted molar refractivity (Wildman–Crippen MR) is 103 cm³/mol. The fourth-order valence-corrected chi connectivity index (χ4v) is 2.61. The van der Waals surface area contributed by atoms with E-state index in [0.29, 0.717) is 25.3 Å². The van der Waals surface area contributed by atoms with Crippen molar-refractivity contribution >= 4 is 11.8 Å². The Bertz CT molecular complexity index is 772. The molecule has 0 aliphatic carbocycles. The van der Waals surface area contributed by atoms with Crippen LogP contribution in [0.25, 0.3) is 0 Å². The van der Waals surface area contributed by atoms with Gasteiger partial charge in [-0.05, 0) is 44.0 Å². The highest BCUT2D eigenvalue weighted by molar-refractivity contribution is 5.95. The summed E-state index contributed by atoms with van der Waals surface area (Å²) in [5, 5.41) is 5.56. The minimum atomic E-state index is -0.158. The maximum absolute atomic E-state index is 12.1. The summed E-state index contributed by atoms with van der Waals surface area (Å²) in [5.41, 5.74) is 3.82. The lowest BCUT2D eigenvalue weighted by Crippen LogP contribution is -2.32. The lowest BCUT2D eigenvalue weighted by molar-refractivity contribution is -0.121. The predicted octanol–water partition coefficient (Wildman–Crippen LogP) is 2.93. The monoisotopic (exact) mass is 354 g/mol. The molecule has 0 radical (unpaired) electrons. The minimum Gasteiger partial charge on any atom is -0.491 e. The molecule has 0 spiro atoms. The molecule has 26 heavy (non-hydrogen) atoms. The van der Waals surface area contributed by atoms with Crippen molar-refractivity contribution in [3.8, 4) is 5.75 Å². The van der Waals surface area contributed by atoms with E-state index in [1.165, 1.54) is 5.56 Å². The highest BCUT2D eigenvalue weighted by Gasteiger charge is 2.08. The maximum atomic E-state index is 12.1. The Morgan fingerprint density at radius 2 is 1.69 bits per heavy atom. The largest absolute Gasteiger partial charge is 0.491 e. The molecule has 0 aliphatic heterocycles. The van der Waals surface area contributed by atoms with E-state index in [0.717, 1.165) is 16.9 Å². The van der Waals surface area contributed by atoms with Gasteiger partial charge in [-0.3, -0.25) is 9.59 Å². The first-order chi connectivity index (χ1) is 12.5. The zero-order valence-corrected chi connectivity index (χ0v) is 15.6. The van der Waals surface area contributed by atoms with Crippen LogP contribution in [-0.2, 0) is 4.79 Å². The second-order valence-electron chi connectivity index (χ2n) is 6.29. The fraction of sp³-hybridized carbons (Fsp3) is 0.333. The molecule has 0 saturated carbocycles. The molecule has 0 fully saturated rings. The molecule has 0 aliphatic rings. The highest BCUT2D eigenvalue weighted by Crippen LogP contribution is 2.18. The van der Waals surface area contributed by atoms with Crippen molar-refractivity contribution in [1.29, 1.82) is 0 Å². The lowest BCUT2D eigenvalue weighted by atomic mass is 10.1.